The Bertz CT molecular complexity index is 1030. The number of nitrogens with one attached hydrogen (secondary N) is 2. The average Bonchev–Trinajstić information content (AvgIpc) is 2.74. The van der Waals surface area contributed by atoms with E-state index in [4.69, 9.17) is 0 Å². The molecule has 0 aliphatic heterocycles. The van der Waals surface area contributed by atoms with Crippen LogP contribution < -0.4 is 10.6 Å². The van der Waals surface area contributed by atoms with Crippen LogP contribution in [0.3, 0.4) is 0 Å². The van der Waals surface area contributed by atoms with Crippen LogP contribution in [0, 0.1) is 0 Å². The topological polar surface area (TPSA) is 133 Å². The summed E-state index contributed by atoms with van der Waals surface area (Å²) in [5.41, 5.74) is 0.774. The monoisotopic (exact) mass is 482 g/mol. The Morgan fingerprint density at radius 3 is 1.34 bits per heavy atom. The van der Waals surface area contributed by atoms with Gasteiger partial charge in [0.15, 0.2) is 23.9 Å². The van der Waals surface area contributed by atoms with Gasteiger partial charge in [-0.3, -0.25) is 0 Å². The van der Waals surface area contributed by atoms with Gasteiger partial charge < -0.3 is 20.8 Å². The first-order valence-electron chi connectivity index (χ1n) is 10.4. The van der Waals surface area contributed by atoms with E-state index in [2.05, 4.69) is 10.6 Å². The van der Waals surface area contributed by atoms with Crippen LogP contribution in [0.4, 0.5) is 11.4 Å². The Kier molecular flexibility index (Phi) is 8.97. The summed E-state index contributed by atoms with van der Waals surface area (Å²) >= 11 is 0. The Hall–Kier alpha value is -2.72. The van der Waals surface area contributed by atoms with Gasteiger partial charge in [-0.1, -0.05) is 26.7 Å². The fraction of sp³-hybridized carbons (Fsp3) is 0.364. The van der Waals surface area contributed by atoms with Crippen molar-refractivity contribution in [3.63, 3.8) is 0 Å². The molecule has 0 aromatic heterocycles. The molecule has 0 spiro atoms. The van der Waals surface area contributed by atoms with Crippen molar-refractivity contribution in [3.8, 4) is 11.5 Å². The lowest BCUT2D eigenvalue weighted by Crippen LogP contribution is -2.26. The highest BCUT2D eigenvalue weighted by Crippen LogP contribution is 2.27. The first-order valence-corrected chi connectivity index (χ1v) is 13.7. The van der Waals surface area contributed by atoms with E-state index in [1.807, 2.05) is 13.8 Å². The molecule has 4 N–H and O–H groups in total. The number of unbranched alkanes of at least 4 members (excludes halogenated alkanes) is 2. The van der Waals surface area contributed by atoms with E-state index >= 15 is 0 Å². The SMILES string of the molecule is CCCCS(=O)(=O)C(=C(Nc1ccc(O)cc1)Nc1ccc(O)cc1)S(=O)(=O)CCCC. The largest absolute Gasteiger partial charge is 0.508 e. The second-order valence-corrected chi connectivity index (χ2v) is 11.7. The van der Waals surface area contributed by atoms with Crippen molar-refractivity contribution in [1.29, 1.82) is 0 Å². The predicted octanol–water partition coefficient (Wildman–Crippen LogP) is 4.18. The van der Waals surface area contributed by atoms with Crippen LogP contribution in [-0.4, -0.2) is 38.6 Å². The van der Waals surface area contributed by atoms with Crippen LogP contribution in [0.15, 0.2) is 58.6 Å². The Balaban J connectivity index is 2.70. The molecule has 0 amide bonds. The van der Waals surface area contributed by atoms with Crippen molar-refractivity contribution in [2.75, 3.05) is 22.1 Å². The average molecular weight is 483 g/mol. The molecule has 0 heterocycles. The molecule has 2 rings (SSSR count). The van der Waals surface area contributed by atoms with E-state index in [0.717, 1.165) is 0 Å². The van der Waals surface area contributed by atoms with Crippen molar-refractivity contribution in [3.05, 3.63) is 58.6 Å². The number of phenolic OH excluding ortho intramolecular Hbond substituents is 2. The first-order chi connectivity index (χ1) is 15.1. The number of sulfone groups is 2. The van der Waals surface area contributed by atoms with E-state index in [0.29, 0.717) is 37.1 Å². The number of hydrogen-bond donors (Lipinski definition) is 4. The fourth-order valence-corrected chi connectivity index (χ4v) is 7.45. The van der Waals surface area contributed by atoms with Crippen molar-refractivity contribution in [1.82, 2.24) is 0 Å². The molecule has 0 saturated carbocycles. The number of phenols is 2. The van der Waals surface area contributed by atoms with Gasteiger partial charge in [-0.25, -0.2) is 16.8 Å². The minimum atomic E-state index is -4.16. The molecule has 0 aliphatic carbocycles. The zero-order chi connectivity index (χ0) is 23.8. The van der Waals surface area contributed by atoms with Crippen molar-refractivity contribution in [2.24, 2.45) is 0 Å². The summed E-state index contributed by atoms with van der Waals surface area (Å²) in [5.74, 6) is -0.781. The maximum absolute atomic E-state index is 13.2. The number of benzene rings is 2. The van der Waals surface area contributed by atoms with E-state index in [9.17, 15) is 27.0 Å². The second kappa shape index (κ2) is 11.2. The zero-order valence-corrected chi connectivity index (χ0v) is 19.8. The maximum atomic E-state index is 13.2. The third-order valence-electron chi connectivity index (χ3n) is 4.58. The van der Waals surface area contributed by atoms with E-state index in [-0.39, 0.29) is 28.8 Å². The molecule has 0 fully saturated rings. The highest BCUT2D eigenvalue weighted by molar-refractivity contribution is 8.14. The van der Waals surface area contributed by atoms with Gasteiger partial charge in [-0.2, -0.15) is 0 Å². The van der Waals surface area contributed by atoms with Gasteiger partial charge in [0.25, 0.3) is 0 Å². The van der Waals surface area contributed by atoms with Crippen molar-refractivity contribution >= 4 is 31.0 Å². The molecule has 0 aliphatic rings. The van der Waals surface area contributed by atoms with Crippen LogP contribution in [0.25, 0.3) is 0 Å². The smallest absolute Gasteiger partial charge is 0.199 e. The van der Waals surface area contributed by atoms with E-state index < -0.39 is 23.9 Å². The van der Waals surface area contributed by atoms with Crippen LogP contribution >= 0.6 is 0 Å². The molecule has 0 radical (unpaired) electrons. The minimum Gasteiger partial charge on any atom is -0.508 e. The fourth-order valence-electron chi connectivity index (χ4n) is 2.87. The molecular weight excluding hydrogens is 452 g/mol. The van der Waals surface area contributed by atoms with Crippen LogP contribution in [-0.2, 0) is 19.7 Å². The molecule has 8 nitrogen and oxygen atoms in total. The Morgan fingerprint density at radius 2 is 1.03 bits per heavy atom. The Morgan fingerprint density at radius 1 is 0.688 bits per heavy atom. The summed E-state index contributed by atoms with van der Waals surface area (Å²) in [6.45, 7) is 3.66. The zero-order valence-electron chi connectivity index (χ0n) is 18.2. The van der Waals surface area contributed by atoms with Gasteiger partial charge in [0.2, 0.25) is 0 Å². The molecule has 176 valence electrons. The molecule has 32 heavy (non-hydrogen) atoms. The first kappa shape index (κ1) is 25.5. The summed E-state index contributed by atoms with van der Waals surface area (Å²) in [7, 11) is -8.32. The molecule has 0 unspecified atom stereocenters. The highest BCUT2D eigenvalue weighted by atomic mass is 32.3. The van der Waals surface area contributed by atoms with Crippen LogP contribution in [0.2, 0.25) is 0 Å². The van der Waals surface area contributed by atoms with Crippen molar-refractivity contribution in [2.45, 2.75) is 39.5 Å². The number of anilines is 2. The standard InChI is InChI=1S/C22H30N2O6S2/c1-3-5-15-31(27,28)22(32(29,30)16-6-4-2)21(23-17-7-11-19(25)12-8-17)24-18-9-13-20(26)14-10-18/h7-14,23-26H,3-6,15-16H2,1-2H3. The molecule has 2 aromatic rings. The van der Waals surface area contributed by atoms with Crippen LogP contribution in [0.5, 0.6) is 11.5 Å². The van der Waals surface area contributed by atoms with Gasteiger partial charge in [0.05, 0.1) is 11.5 Å². The summed E-state index contributed by atoms with van der Waals surface area (Å²) in [6, 6.07) is 11.6. The number of hydrogen-bond acceptors (Lipinski definition) is 8. The molecule has 0 atom stereocenters. The molecule has 10 heteroatoms. The third kappa shape index (κ3) is 7.16. The quantitative estimate of drug-likeness (QED) is 0.331. The summed E-state index contributed by atoms with van der Waals surface area (Å²) in [5, 5.41) is 24.8. The van der Waals surface area contributed by atoms with E-state index in [1.165, 1.54) is 48.5 Å². The summed E-state index contributed by atoms with van der Waals surface area (Å²) in [4.78, 5) is 0. The normalized spacial score (nSPS) is 11.7. The molecule has 2 aromatic carbocycles. The lowest BCUT2D eigenvalue weighted by atomic mass is 10.3. The molecule has 0 saturated heterocycles. The summed E-state index contributed by atoms with van der Waals surface area (Å²) in [6.07, 6.45) is 1.82. The number of aromatic hydroxyl groups is 2. The van der Waals surface area contributed by atoms with Gasteiger partial charge in [-0.05, 0) is 61.4 Å². The second-order valence-electron chi connectivity index (χ2n) is 7.35. The molecular formula is C22H30N2O6S2. The predicted molar refractivity (Wildman–Crippen MR) is 128 cm³/mol. The number of rotatable bonds is 12. The lowest BCUT2D eigenvalue weighted by Gasteiger charge is -2.19. The maximum Gasteiger partial charge on any atom is 0.199 e. The minimum absolute atomic E-state index is 0.0129. The highest BCUT2D eigenvalue weighted by Gasteiger charge is 2.34. The summed E-state index contributed by atoms with van der Waals surface area (Å²) < 4.78 is 52.2. The van der Waals surface area contributed by atoms with Crippen LogP contribution in [0.1, 0.15) is 39.5 Å². The third-order valence-corrected chi connectivity index (χ3v) is 9.29. The van der Waals surface area contributed by atoms with Gasteiger partial charge in [-0.15, -0.1) is 0 Å². The van der Waals surface area contributed by atoms with Crippen molar-refractivity contribution < 1.29 is 27.0 Å². The van der Waals surface area contributed by atoms with E-state index in [1.54, 1.807) is 0 Å². The molecule has 0 bridgehead atoms. The van der Waals surface area contributed by atoms with Gasteiger partial charge in [0, 0.05) is 11.4 Å². The van der Waals surface area contributed by atoms with Gasteiger partial charge in [0.1, 0.15) is 17.3 Å². The lowest BCUT2D eigenvalue weighted by molar-refractivity contribution is 0.475. The van der Waals surface area contributed by atoms with Gasteiger partial charge >= 0.3 is 0 Å². The Labute approximate surface area is 189 Å².